The summed E-state index contributed by atoms with van der Waals surface area (Å²) >= 11 is 0. The molecule has 1 aromatic carbocycles. The van der Waals surface area contributed by atoms with Crippen LogP contribution in [-0.4, -0.2) is 25.5 Å². The Morgan fingerprint density at radius 1 is 1.32 bits per heavy atom. The lowest BCUT2D eigenvalue weighted by molar-refractivity contribution is -0.150. The number of ether oxygens (including phenoxy) is 1. The lowest BCUT2D eigenvalue weighted by Gasteiger charge is -2.12. The van der Waals surface area contributed by atoms with E-state index in [1.807, 2.05) is 0 Å². The maximum absolute atomic E-state index is 12.7. The van der Waals surface area contributed by atoms with Crippen LogP contribution in [0.25, 0.3) is 0 Å². The molecule has 104 valence electrons. The lowest BCUT2D eigenvalue weighted by Crippen LogP contribution is -2.36. The third-order valence-corrected chi connectivity index (χ3v) is 2.84. The van der Waals surface area contributed by atoms with E-state index in [2.05, 4.69) is 10.1 Å². The molecule has 19 heavy (non-hydrogen) atoms. The Hall–Kier alpha value is -1.91. The third-order valence-electron chi connectivity index (χ3n) is 2.84. The van der Waals surface area contributed by atoms with Crippen LogP contribution >= 0.6 is 0 Å². The van der Waals surface area contributed by atoms with Crippen molar-refractivity contribution < 1.29 is 18.7 Å². The van der Waals surface area contributed by atoms with E-state index in [-0.39, 0.29) is 11.7 Å². The standard InChI is InChI=1S/C14H18FNO3/c1-3-12(14(18)19-2)13(17)16-9-8-10-4-6-11(15)7-5-10/h4-7,12H,3,8-9H2,1-2H3,(H,16,17). The Labute approximate surface area is 112 Å². The molecule has 0 saturated carbocycles. The summed E-state index contributed by atoms with van der Waals surface area (Å²) in [5.41, 5.74) is 0.924. The van der Waals surface area contributed by atoms with Crippen LogP contribution in [0.2, 0.25) is 0 Å². The smallest absolute Gasteiger partial charge is 0.318 e. The van der Waals surface area contributed by atoms with E-state index in [9.17, 15) is 14.0 Å². The van der Waals surface area contributed by atoms with E-state index in [4.69, 9.17) is 0 Å². The molecule has 0 aliphatic carbocycles. The van der Waals surface area contributed by atoms with E-state index < -0.39 is 11.9 Å². The summed E-state index contributed by atoms with van der Waals surface area (Å²) in [5.74, 6) is -1.92. The number of rotatable bonds is 6. The number of nitrogens with one attached hydrogen (secondary N) is 1. The van der Waals surface area contributed by atoms with Crippen molar-refractivity contribution in [1.82, 2.24) is 5.32 Å². The first kappa shape index (κ1) is 15.1. The number of carbonyl (C=O) groups is 2. The molecule has 0 spiro atoms. The molecule has 4 nitrogen and oxygen atoms in total. The highest BCUT2D eigenvalue weighted by Gasteiger charge is 2.24. The minimum atomic E-state index is -0.766. The van der Waals surface area contributed by atoms with Gasteiger partial charge >= 0.3 is 5.97 Å². The summed E-state index contributed by atoms with van der Waals surface area (Å²) < 4.78 is 17.3. The zero-order chi connectivity index (χ0) is 14.3. The van der Waals surface area contributed by atoms with E-state index in [0.717, 1.165) is 5.56 Å². The Morgan fingerprint density at radius 3 is 2.47 bits per heavy atom. The fraction of sp³-hybridized carbons (Fsp3) is 0.429. The van der Waals surface area contributed by atoms with Gasteiger partial charge in [-0.2, -0.15) is 0 Å². The second kappa shape index (κ2) is 7.51. The first-order valence-electron chi connectivity index (χ1n) is 6.18. The Balaban J connectivity index is 2.41. The minimum absolute atomic E-state index is 0.287. The SMILES string of the molecule is CCC(C(=O)NCCc1ccc(F)cc1)C(=O)OC. The molecule has 0 saturated heterocycles. The average molecular weight is 267 g/mol. The highest BCUT2D eigenvalue weighted by molar-refractivity contribution is 5.97. The molecular weight excluding hydrogens is 249 g/mol. The van der Waals surface area contributed by atoms with E-state index in [1.165, 1.54) is 19.2 Å². The maximum Gasteiger partial charge on any atom is 0.318 e. The van der Waals surface area contributed by atoms with Gasteiger partial charge in [0, 0.05) is 6.54 Å². The number of benzene rings is 1. The molecular formula is C14H18FNO3. The van der Waals surface area contributed by atoms with Gasteiger partial charge in [-0.1, -0.05) is 19.1 Å². The van der Waals surface area contributed by atoms with E-state index in [1.54, 1.807) is 19.1 Å². The number of hydrogen-bond donors (Lipinski definition) is 1. The number of esters is 1. The highest BCUT2D eigenvalue weighted by Crippen LogP contribution is 2.06. The largest absolute Gasteiger partial charge is 0.468 e. The Bertz CT molecular complexity index is 431. The van der Waals surface area contributed by atoms with Crippen molar-refractivity contribution in [2.24, 2.45) is 5.92 Å². The molecule has 1 unspecified atom stereocenters. The Morgan fingerprint density at radius 2 is 1.95 bits per heavy atom. The summed E-state index contributed by atoms with van der Waals surface area (Å²) in [5, 5.41) is 2.68. The van der Waals surface area contributed by atoms with Crippen LogP contribution < -0.4 is 5.32 Å². The average Bonchev–Trinajstić information content (AvgIpc) is 2.41. The number of amides is 1. The summed E-state index contributed by atoms with van der Waals surface area (Å²) in [4.78, 5) is 23.1. The summed E-state index contributed by atoms with van der Waals surface area (Å²) in [6.07, 6.45) is 0.985. The quantitative estimate of drug-likeness (QED) is 0.630. The van der Waals surface area contributed by atoms with Gasteiger partial charge in [0.15, 0.2) is 0 Å². The molecule has 1 atom stereocenters. The molecule has 0 aliphatic heterocycles. The van der Waals surface area contributed by atoms with Gasteiger partial charge in [0.2, 0.25) is 5.91 Å². The topological polar surface area (TPSA) is 55.4 Å². The molecule has 0 heterocycles. The predicted octanol–water partition coefficient (Wildman–Crippen LogP) is 1.68. The van der Waals surface area contributed by atoms with E-state index >= 15 is 0 Å². The molecule has 0 fully saturated rings. The third kappa shape index (κ3) is 4.69. The number of carbonyl (C=O) groups excluding carboxylic acids is 2. The van der Waals surface area contributed by atoms with Gasteiger partial charge in [-0.25, -0.2) is 4.39 Å². The van der Waals surface area contributed by atoms with Crippen molar-refractivity contribution in [3.05, 3.63) is 35.6 Å². The van der Waals surface area contributed by atoms with Gasteiger partial charge in [-0.05, 0) is 30.5 Å². The van der Waals surface area contributed by atoms with Crippen LogP contribution in [0.3, 0.4) is 0 Å². The van der Waals surface area contributed by atoms with Gasteiger partial charge < -0.3 is 10.1 Å². The first-order chi connectivity index (χ1) is 9.08. The molecule has 0 bridgehead atoms. The monoisotopic (exact) mass is 267 g/mol. The predicted molar refractivity (Wildman–Crippen MR) is 68.9 cm³/mol. The van der Waals surface area contributed by atoms with Crippen LogP contribution in [0.1, 0.15) is 18.9 Å². The van der Waals surface area contributed by atoms with Crippen molar-refractivity contribution in [3.63, 3.8) is 0 Å². The molecule has 1 N–H and O–H groups in total. The summed E-state index contributed by atoms with van der Waals surface area (Å²) in [7, 11) is 1.26. The zero-order valence-electron chi connectivity index (χ0n) is 11.1. The van der Waals surface area contributed by atoms with Gasteiger partial charge in [0.25, 0.3) is 0 Å². The van der Waals surface area contributed by atoms with Crippen molar-refractivity contribution in [2.45, 2.75) is 19.8 Å². The minimum Gasteiger partial charge on any atom is -0.468 e. The molecule has 5 heteroatoms. The number of hydrogen-bond acceptors (Lipinski definition) is 3. The first-order valence-corrected chi connectivity index (χ1v) is 6.18. The summed E-state index contributed by atoms with van der Waals surface area (Å²) in [6.45, 7) is 2.15. The van der Waals surface area contributed by atoms with Crippen LogP contribution in [0.5, 0.6) is 0 Å². The molecule has 0 aliphatic rings. The van der Waals surface area contributed by atoms with Crippen LogP contribution in [-0.2, 0) is 20.7 Å². The molecule has 1 rings (SSSR count). The number of halogens is 1. The lowest BCUT2D eigenvalue weighted by atomic mass is 10.1. The van der Waals surface area contributed by atoms with Crippen molar-refractivity contribution in [1.29, 1.82) is 0 Å². The van der Waals surface area contributed by atoms with Gasteiger partial charge in [0.1, 0.15) is 11.7 Å². The van der Waals surface area contributed by atoms with Gasteiger partial charge in [-0.3, -0.25) is 9.59 Å². The van der Waals surface area contributed by atoms with Gasteiger partial charge in [0.05, 0.1) is 7.11 Å². The van der Waals surface area contributed by atoms with Crippen LogP contribution in [0, 0.1) is 11.7 Å². The van der Waals surface area contributed by atoms with Gasteiger partial charge in [-0.15, -0.1) is 0 Å². The van der Waals surface area contributed by atoms with Crippen molar-refractivity contribution >= 4 is 11.9 Å². The van der Waals surface area contributed by atoms with Crippen LogP contribution in [0.15, 0.2) is 24.3 Å². The molecule has 1 amide bonds. The molecule has 0 radical (unpaired) electrons. The van der Waals surface area contributed by atoms with Crippen molar-refractivity contribution in [3.8, 4) is 0 Å². The van der Waals surface area contributed by atoms with Crippen molar-refractivity contribution in [2.75, 3.05) is 13.7 Å². The zero-order valence-corrected chi connectivity index (χ0v) is 11.1. The fourth-order valence-corrected chi connectivity index (χ4v) is 1.71. The fourth-order valence-electron chi connectivity index (χ4n) is 1.71. The molecule has 0 aromatic heterocycles. The maximum atomic E-state index is 12.7. The summed E-state index contributed by atoms with van der Waals surface area (Å²) in [6, 6.07) is 6.08. The number of methoxy groups -OCH3 is 1. The molecule has 1 aromatic rings. The Kier molecular flexibility index (Phi) is 5.99. The van der Waals surface area contributed by atoms with Crippen LogP contribution in [0.4, 0.5) is 4.39 Å². The van der Waals surface area contributed by atoms with E-state index in [0.29, 0.717) is 19.4 Å². The second-order valence-corrected chi connectivity index (χ2v) is 4.15. The highest BCUT2D eigenvalue weighted by atomic mass is 19.1. The second-order valence-electron chi connectivity index (χ2n) is 4.15. The normalized spacial score (nSPS) is 11.7.